The van der Waals surface area contributed by atoms with Crippen LogP contribution in [0.5, 0.6) is 5.75 Å². The summed E-state index contributed by atoms with van der Waals surface area (Å²) in [4.78, 5) is 4.13. The standard InChI is InChI=1S/C18H17BFNO3/c20-14-10-13(19-23-17-6-3-7-18(17)24-19)9-8-12(14)11-21-15-4-1-2-5-16(15)22/h1-2,4-5,8-11,17-18,22H,3,6-7H2/t17-,18+. The minimum absolute atomic E-state index is 0.0603. The van der Waals surface area contributed by atoms with Gasteiger partial charge in [-0.2, -0.15) is 0 Å². The maximum absolute atomic E-state index is 14.3. The molecule has 2 fully saturated rings. The number of rotatable bonds is 3. The Morgan fingerprint density at radius 3 is 2.58 bits per heavy atom. The third-order valence-corrected chi connectivity index (χ3v) is 4.51. The number of phenols is 1. The molecule has 2 aliphatic rings. The van der Waals surface area contributed by atoms with Gasteiger partial charge in [-0.25, -0.2) is 4.39 Å². The minimum Gasteiger partial charge on any atom is -0.506 e. The molecule has 4 nitrogen and oxygen atoms in total. The monoisotopic (exact) mass is 325 g/mol. The zero-order chi connectivity index (χ0) is 16.5. The molecule has 24 heavy (non-hydrogen) atoms. The molecule has 1 saturated carbocycles. The molecule has 4 rings (SSSR count). The molecule has 0 radical (unpaired) electrons. The molecule has 0 spiro atoms. The van der Waals surface area contributed by atoms with Crippen LogP contribution in [0.4, 0.5) is 10.1 Å². The fourth-order valence-corrected chi connectivity index (χ4v) is 3.22. The van der Waals surface area contributed by atoms with Crippen molar-refractivity contribution in [2.24, 2.45) is 4.99 Å². The number of aliphatic imine (C=N–C) groups is 1. The topological polar surface area (TPSA) is 51.1 Å². The molecular weight excluding hydrogens is 308 g/mol. The maximum Gasteiger partial charge on any atom is 0.494 e. The van der Waals surface area contributed by atoms with E-state index < -0.39 is 12.9 Å². The Morgan fingerprint density at radius 2 is 1.88 bits per heavy atom. The highest BCUT2D eigenvalue weighted by Gasteiger charge is 2.43. The van der Waals surface area contributed by atoms with Crippen molar-refractivity contribution in [2.75, 3.05) is 0 Å². The van der Waals surface area contributed by atoms with E-state index in [2.05, 4.69) is 4.99 Å². The Labute approximate surface area is 140 Å². The number of hydrogen-bond donors (Lipinski definition) is 1. The zero-order valence-electron chi connectivity index (χ0n) is 13.1. The van der Waals surface area contributed by atoms with Gasteiger partial charge in [-0.15, -0.1) is 0 Å². The first-order valence-corrected chi connectivity index (χ1v) is 8.13. The highest BCUT2D eigenvalue weighted by molar-refractivity contribution is 6.61. The molecule has 0 aromatic heterocycles. The Bertz CT molecular complexity index is 771. The van der Waals surface area contributed by atoms with Gasteiger partial charge in [0.15, 0.2) is 0 Å². The summed E-state index contributed by atoms with van der Waals surface area (Å²) in [5, 5.41) is 9.68. The predicted octanol–water partition coefficient (Wildman–Crippen LogP) is 2.95. The summed E-state index contributed by atoms with van der Waals surface area (Å²) < 4.78 is 26.0. The lowest BCUT2D eigenvalue weighted by molar-refractivity contribution is 0.187. The lowest BCUT2D eigenvalue weighted by Gasteiger charge is -2.08. The summed E-state index contributed by atoms with van der Waals surface area (Å²) in [6.07, 6.45) is 4.82. The van der Waals surface area contributed by atoms with Crippen molar-refractivity contribution in [1.82, 2.24) is 0 Å². The number of benzene rings is 2. The van der Waals surface area contributed by atoms with Crippen LogP contribution in [-0.4, -0.2) is 30.6 Å². The Hall–Kier alpha value is -2.18. The molecular formula is C18H17BFNO3. The van der Waals surface area contributed by atoms with Crippen LogP contribution in [0.3, 0.4) is 0 Å². The van der Waals surface area contributed by atoms with Crippen molar-refractivity contribution in [3.63, 3.8) is 0 Å². The van der Waals surface area contributed by atoms with Crippen LogP contribution in [0.15, 0.2) is 47.5 Å². The van der Waals surface area contributed by atoms with E-state index in [0.717, 1.165) is 19.3 Å². The number of halogens is 1. The van der Waals surface area contributed by atoms with Gasteiger partial charge in [0.05, 0.1) is 12.2 Å². The predicted molar refractivity (Wildman–Crippen MR) is 90.7 cm³/mol. The zero-order valence-corrected chi connectivity index (χ0v) is 13.1. The number of para-hydroxylation sites is 2. The van der Waals surface area contributed by atoms with Crippen molar-refractivity contribution < 1.29 is 18.8 Å². The lowest BCUT2D eigenvalue weighted by Crippen LogP contribution is -2.33. The smallest absolute Gasteiger partial charge is 0.494 e. The summed E-state index contributed by atoms with van der Waals surface area (Å²) in [6, 6.07) is 11.5. The molecule has 6 heteroatoms. The van der Waals surface area contributed by atoms with E-state index in [4.69, 9.17) is 9.31 Å². The van der Waals surface area contributed by atoms with Crippen LogP contribution in [0.2, 0.25) is 0 Å². The number of phenolic OH excluding ortho intramolecular Hbond substituents is 1. The summed E-state index contributed by atoms with van der Waals surface area (Å²) in [7, 11) is -0.487. The molecule has 2 aromatic carbocycles. The fourth-order valence-electron chi connectivity index (χ4n) is 3.22. The average Bonchev–Trinajstić information content (AvgIpc) is 3.17. The van der Waals surface area contributed by atoms with Gasteiger partial charge in [0.2, 0.25) is 0 Å². The Balaban J connectivity index is 1.51. The molecule has 1 aliphatic carbocycles. The fraction of sp³-hybridized carbons (Fsp3) is 0.278. The Kier molecular flexibility index (Phi) is 4.08. The minimum atomic E-state index is -0.487. The van der Waals surface area contributed by atoms with Crippen molar-refractivity contribution in [1.29, 1.82) is 0 Å². The van der Waals surface area contributed by atoms with Gasteiger partial charge in [-0.3, -0.25) is 4.99 Å². The quantitative estimate of drug-likeness (QED) is 0.697. The third kappa shape index (κ3) is 2.95. The van der Waals surface area contributed by atoms with Gasteiger partial charge >= 0.3 is 7.12 Å². The van der Waals surface area contributed by atoms with Gasteiger partial charge in [-0.05, 0) is 42.9 Å². The van der Waals surface area contributed by atoms with Crippen LogP contribution >= 0.6 is 0 Å². The van der Waals surface area contributed by atoms with Gasteiger partial charge in [0.1, 0.15) is 17.3 Å². The summed E-state index contributed by atoms with van der Waals surface area (Å²) in [6.45, 7) is 0. The van der Waals surface area contributed by atoms with Crippen LogP contribution in [0, 0.1) is 5.82 Å². The second-order valence-corrected chi connectivity index (χ2v) is 6.14. The molecule has 1 saturated heterocycles. The largest absolute Gasteiger partial charge is 0.506 e. The van der Waals surface area contributed by atoms with E-state index in [1.165, 1.54) is 18.3 Å². The van der Waals surface area contributed by atoms with E-state index >= 15 is 0 Å². The van der Waals surface area contributed by atoms with Crippen LogP contribution in [0.25, 0.3) is 0 Å². The van der Waals surface area contributed by atoms with Gasteiger partial charge in [0.25, 0.3) is 0 Å². The van der Waals surface area contributed by atoms with Crippen molar-refractivity contribution in [3.05, 3.63) is 53.8 Å². The van der Waals surface area contributed by atoms with Crippen LogP contribution < -0.4 is 5.46 Å². The van der Waals surface area contributed by atoms with Gasteiger partial charge in [0, 0.05) is 11.8 Å². The second kappa shape index (κ2) is 6.38. The molecule has 2 aromatic rings. The average molecular weight is 325 g/mol. The van der Waals surface area contributed by atoms with Gasteiger partial charge < -0.3 is 14.4 Å². The number of fused-ring (bicyclic) bond motifs is 1. The molecule has 0 unspecified atom stereocenters. The van der Waals surface area contributed by atoms with E-state index in [1.807, 2.05) is 0 Å². The second-order valence-electron chi connectivity index (χ2n) is 6.14. The number of hydrogen-bond acceptors (Lipinski definition) is 4. The maximum atomic E-state index is 14.3. The van der Waals surface area contributed by atoms with Crippen molar-refractivity contribution in [2.45, 2.75) is 31.5 Å². The first-order chi connectivity index (χ1) is 11.7. The normalized spacial score (nSPS) is 23.1. The van der Waals surface area contributed by atoms with E-state index in [-0.39, 0.29) is 18.0 Å². The molecule has 1 heterocycles. The number of nitrogens with zero attached hydrogens (tertiary/aromatic N) is 1. The highest BCUT2D eigenvalue weighted by Crippen LogP contribution is 2.31. The third-order valence-electron chi connectivity index (χ3n) is 4.51. The van der Waals surface area contributed by atoms with E-state index in [9.17, 15) is 9.50 Å². The first-order valence-electron chi connectivity index (χ1n) is 8.13. The summed E-state index contributed by atoms with van der Waals surface area (Å²) >= 11 is 0. The molecule has 0 amide bonds. The van der Waals surface area contributed by atoms with Crippen molar-refractivity contribution >= 4 is 24.5 Å². The van der Waals surface area contributed by atoms with Gasteiger partial charge in [-0.1, -0.05) is 24.3 Å². The molecule has 0 bridgehead atoms. The van der Waals surface area contributed by atoms with E-state index in [1.54, 1.807) is 30.3 Å². The highest BCUT2D eigenvalue weighted by atomic mass is 19.1. The molecule has 2 atom stereocenters. The van der Waals surface area contributed by atoms with Crippen molar-refractivity contribution in [3.8, 4) is 5.75 Å². The Morgan fingerprint density at radius 1 is 1.12 bits per heavy atom. The van der Waals surface area contributed by atoms with Crippen LogP contribution in [0.1, 0.15) is 24.8 Å². The molecule has 1 aliphatic heterocycles. The summed E-state index contributed by atoms with van der Waals surface area (Å²) in [5.41, 5.74) is 1.43. The first kappa shape index (κ1) is 15.4. The van der Waals surface area contributed by atoms with Crippen LogP contribution in [-0.2, 0) is 9.31 Å². The molecule has 1 N–H and O–H groups in total. The van der Waals surface area contributed by atoms with E-state index in [0.29, 0.717) is 16.7 Å². The summed E-state index contributed by atoms with van der Waals surface area (Å²) in [5.74, 6) is -0.332. The molecule has 122 valence electrons. The lowest BCUT2D eigenvalue weighted by atomic mass is 9.79. The SMILES string of the molecule is Oc1ccccc1N=Cc1ccc(B2O[C@H]3CCC[C@H]3O2)cc1F. The number of aromatic hydroxyl groups is 1.